The van der Waals surface area contributed by atoms with Gasteiger partial charge in [-0.3, -0.25) is 14.2 Å². The molecule has 0 amide bonds. The van der Waals surface area contributed by atoms with Crippen molar-refractivity contribution in [2.24, 2.45) is 5.92 Å². The van der Waals surface area contributed by atoms with Gasteiger partial charge in [-0.25, -0.2) is 4.98 Å². The molecule has 27 heavy (non-hydrogen) atoms. The van der Waals surface area contributed by atoms with Crippen molar-refractivity contribution in [3.63, 3.8) is 0 Å². The van der Waals surface area contributed by atoms with E-state index in [0.29, 0.717) is 17.1 Å². The van der Waals surface area contributed by atoms with Gasteiger partial charge in [-0.15, -0.1) is 0 Å². The molecule has 0 radical (unpaired) electrons. The number of benzene rings is 1. The molecule has 0 aliphatic carbocycles. The van der Waals surface area contributed by atoms with E-state index in [1.807, 2.05) is 24.3 Å². The van der Waals surface area contributed by atoms with Gasteiger partial charge in [0, 0.05) is 5.02 Å². The van der Waals surface area contributed by atoms with E-state index in [2.05, 4.69) is 17.2 Å². The zero-order chi connectivity index (χ0) is 19.8. The van der Waals surface area contributed by atoms with Crippen LogP contribution in [0.15, 0.2) is 35.4 Å². The minimum atomic E-state index is -0.601. The molecule has 2 atom stereocenters. The molecule has 0 unspecified atom stereocenters. The molecule has 1 aliphatic rings. The van der Waals surface area contributed by atoms with E-state index in [0.717, 1.165) is 11.3 Å². The summed E-state index contributed by atoms with van der Waals surface area (Å²) in [7, 11) is 0. The number of halogens is 1. The Balaban J connectivity index is 1.87. The highest BCUT2D eigenvalue weighted by molar-refractivity contribution is 6.30. The molecule has 0 saturated heterocycles. The second kappa shape index (κ2) is 7.35. The maximum atomic E-state index is 12.9. The highest BCUT2D eigenvalue weighted by Gasteiger charge is 2.29. The SMILES string of the molecule is C[C@H]1Cc2ncn(CC(=O)OC(C)(C)C)c(=O)c2N[C@@H]1c1ccc(Cl)cc1. The maximum absolute atomic E-state index is 12.9. The molecule has 0 bridgehead atoms. The molecule has 3 rings (SSSR count). The lowest BCUT2D eigenvalue weighted by Gasteiger charge is -2.32. The number of carbonyl (C=O) groups is 1. The topological polar surface area (TPSA) is 73.2 Å². The summed E-state index contributed by atoms with van der Waals surface area (Å²) in [6, 6.07) is 7.56. The van der Waals surface area contributed by atoms with Crippen LogP contribution in [-0.4, -0.2) is 21.1 Å². The number of aromatic nitrogens is 2. The molecular weight excluding hydrogens is 366 g/mol. The Hall–Kier alpha value is -2.34. The summed E-state index contributed by atoms with van der Waals surface area (Å²) in [6.07, 6.45) is 2.10. The number of hydrogen-bond donors (Lipinski definition) is 1. The molecule has 2 heterocycles. The number of ether oxygens (including phenoxy) is 1. The first-order valence-electron chi connectivity index (χ1n) is 8.96. The van der Waals surface area contributed by atoms with E-state index >= 15 is 0 Å². The Morgan fingerprint density at radius 1 is 1.33 bits per heavy atom. The normalized spacial score (nSPS) is 19.1. The smallest absolute Gasteiger partial charge is 0.326 e. The van der Waals surface area contributed by atoms with Gasteiger partial charge >= 0.3 is 5.97 Å². The summed E-state index contributed by atoms with van der Waals surface area (Å²) in [4.78, 5) is 29.4. The van der Waals surface area contributed by atoms with Crippen LogP contribution in [0.5, 0.6) is 0 Å². The van der Waals surface area contributed by atoms with E-state index in [9.17, 15) is 9.59 Å². The number of esters is 1. The Labute approximate surface area is 163 Å². The zero-order valence-corrected chi connectivity index (χ0v) is 16.7. The van der Waals surface area contributed by atoms with Crippen LogP contribution in [0.2, 0.25) is 5.02 Å². The van der Waals surface area contributed by atoms with Gasteiger partial charge in [-0.1, -0.05) is 30.7 Å². The third-order valence-electron chi connectivity index (χ3n) is 4.45. The van der Waals surface area contributed by atoms with Crippen molar-refractivity contribution in [2.45, 2.75) is 52.3 Å². The second-order valence-corrected chi connectivity index (χ2v) is 8.38. The van der Waals surface area contributed by atoms with E-state index < -0.39 is 11.6 Å². The van der Waals surface area contributed by atoms with E-state index in [4.69, 9.17) is 16.3 Å². The van der Waals surface area contributed by atoms with Crippen LogP contribution in [0.3, 0.4) is 0 Å². The van der Waals surface area contributed by atoms with Crippen molar-refractivity contribution < 1.29 is 9.53 Å². The van der Waals surface area contributed by atoms with Gasteiger partial charge in [0.25, 0.3) is 5.56 Å². The lowest BCUT2D eigenvalue weighted by molar-refractivity contribution is -0.155. The maximum Gasteiger partial charge on any atom is 0.326 e. The van der Waals surface area contributed by atoms with E-state index in [-0.39, 0.29) is 24.1 Å². The molecule has 2 aromatic rings. The molecule has 7 heteroatoms. The molecular formula is C20H24ClN3O3. The highest BCUT2D eigenvalue weighted by atomic mass is 35.5. The lowest BCUT2D eigenvalue weighted by atomic mass is 9.87. The Kier molecular flexibility index (Phi) is 5.29. The zero-order valence-electron chi connectivity index (χ0n) is 16.0. The average molecular weight is 390 g/mol. The molecule has 0 fully saturated rings. The monoisotopic (exact) mass is 389 g/mol. The average Bonchev–Trinajstić information content (AvgIpc) is 2.56. The summed E-state index contributed by atoms with van der Waals surface area (Å²) in [5, 5.41) is 3.99. The summed E-state index contributed by atoms with van der Waals surface area (Å²) < 4.78 is 6.59. The number of anilines is 1. The van der Waals surface area contributed by atoms with Gasteiger partial charge in [-0.2, -0.15) is 0 Å². The van der Waals surface area contributed by atoms with E-state index in [1.165, 1.54) is 10.9 Å². The molecule has 0 saturated carbocycles. The van der Waals surface area contributed by atoms with Crippen LogP contribution >= 0.6 is 11.6 Å². The van der Waals surface area contributed by atoms with Crippen molar-refractivity contribution in [1.29, 1.82) is 0 Å². The van der Waals surface area contributed by atoms with Gasteiger partial charge < -0.3 is 10.1 Å². The second-order valence-electron chi connectivity index (χ2n) is 7.94. The molecule has 0 spiro atoms. The molecule has 144 valence electrons. The van der Waals surface area contributed by atoms with Crippen LogP contribution in [0.1, 0.15) is 45.0 Å². The molecule has 1 N–H and O–H groups in total. The quantitative estimate of drug-likeness (QED) is 0.812. The summed E-state index contributed by atoms with van der Waals surface area (Å²) in [5.74, 6) is -0.211. The van der Waals surface area contributed by atoms with Crippen molar-refractivity contribution in [1.82, 2.24) is 9.55 Å². The fourth-order valence-electron chi connectivity index (χ4n) is 3.25. The number of carbonyl (C=O) groups excluding carboxylic acids is 1. The minimum absolute atomic E-state index is 0.0263. The van der Waals surface area contributed by atoms with Crippen molar-refractivity contribution in [2.75, 3.05) is 5.32 Å². The standard InChI is InChI=1S/C20H24ClN3O3/c1-12-9-15-18(23-17(12)13-5-7-14(21)8-6-13)19(26)24(11-22-15)10-16(25)27-20(2,3)4/h5-8,11-12,17,23H,9-10H2,1-4H3/t12-,17-/m0/s1. The number of nitrogens with one attached hydrogen (secondary N) is 1. The van der Waals surface area contributed by atoms with Crippen LogP contribution in [0.4, 0.5) is 5.69 Å². The summed E-state index contributed by atoms with van der Waals surface area (Å²) in [5.41, 5.74) is 1.35. The minimum Gasteiger partial charge on any atom is -0.459 e. The summed E-state index contributed by atoms with van der Waals surface area (Å²) in [6.45, 7) is 7.32. The van der Waals surface area contributed by atoms with Crippen LogP contribution in [-0.2, 0) is 22.5 Å². The number of nitrogens with zero attached hydrogens (tertiary/aromatic N) is 2. The van der Waals surface area contributed by atoms with Gasteiger partial charge in [-0.05, 0) is 50.8 Å². The first-order valence-corrected chi connectivity index (χ1v) is 9.34. The first-order chi connectivity index (χ1) is 12.6. The predicted molar refractivity (Wildman–Crippen MR) is 105 cm³/mol. The first kappa shape index (κ1) is 19.4. The number of fused-ring (bicyclic) bond motifs is 1. The molecule has 1 aromatic heterocycles. The van der Waals surface area contributed by atoms with Gasteiger partial charge in [0.15, 0.2) is 0 Å². The van der Waals surface area contributed by atoms with Crippen molar-refractivity contribution >= 4 is 23.3 Å². The molecule has 1 aliphatic heterocycles. The third-order valence-corrected chi connectivity index (χ3v) is 4.70. The van der Waals surface area contributed by atoms with Gasteiger partial charge in [0.1, 0.15) is 17.8 Å². The van der Waals surface area contributed by atoms with Crippen molar-refractivity contribution in [3.05, 3.63) is 57.2 Å². The third kappa shape index (κ3) is 4.50. The van der Waals surface area contributed by atoms with Crippen molar-refractivity contribution in [3.8, 4) is 0 Å². The number of rotatable bonds is 3. The van der Waals surface area contributed by atoms with Gasteiger partial charge in [0.05, 0.1) is 18.1 Å². The Morgan fingerprint density at radius 2 is 2.00 bits per heavy atom. The van der Waals surface area contributed by atoms with Crippen LogP contribution < -0.4 is 10.9 Å². The number of hydrogen-bond acceptors (Lipinski definition) is 5. The van der Waals surface area contributed by atoms with Crippen LogP contribution in [0.25, 0.3) is 0 Å². The largest absolute Gasteiger partial charge is 0.459 e. The Morgan fingerprint density at radius 3 is 2.63 bits per heavy atom. The predicted octanol–water partition coefficient (Wildman–Crippen LogP) is 3.58. The highest BCUT2D eigenvalue weighted by Crippen LogP contribution is 2.34. The van der Waals surface area contributed by atoms with E-state index in [1.54, 1.807) is 20.8 Å². The Bertz CT molecular complexity index is 900. The van der Waals surface area contributed by atoms with Crippen LogP contribution in [0, 0.1) is 5.92 Å². The fourth-order valence-corrected chi connectivity index (χ4v) is 3.38. The lowest BCUT2D eigenvalue weighted by Crippen LogP contribution is -2.36. The summed E-state index contributed by atoms with van der Waals surface area (Å²) >= 11 is 5.98. The molecule has 6 nitrogen and oxygen atoms in total. The van der Waals surface area contributed by atoms with Gasteiger partial charge in [0.2, 0.25) is 0 Å². The fraction of sp³-hybridized carbons (Fsp3) is 0.450. The molecule has 1 aromatic carbocycles.